The summed E-state index contributed by atoms with van der Waals surface area (Å²) in [5.74, 6) is 0. The van der Waals surface area contributed by atoms with Gasteiger partial charge in [0.2, 0.25) is 0 Å². The Hall–Kier alpha value is -1.89. The molecular weight excluding hydrogens is 291 g/mol. The Morgan fingerprint density at radius 2 is 1.85 bits per heavy atom. The second kappa shape index (κ2) is 4.90. The van der Waals surface area contributed by atoms with Crippen molar-refractivity contribution in [2.24, 2.45) is 0 Å². The van der Waals surface area contributed by atoms with Crippen LogP contribution in [0.15, 0.2) is 47.6 Å². The van der Waals surface area contributed by atoms with Crippen LogP contribution in [-0.4, -0.2) is 18.9 Å². The van der Waals surface area contributed by atoms with E-state index in [0.717, 1.165) is 12.1 Å². The first kappa shape index (κ1) is 14.5. The van der Waals surface area contributed by atoms with Gasteiger partial charge in [-0.25, -0.2) is 8.42 Å². The molecule has 0 saturated heterocycles. The Kier molecular flexibility index (Phi) is 3.56. The molecule has 2 rings (SSSR count). The van der Waals surface area contributed by atoms with Crippen LogP contribution in [0, 0.1) is 6.92 Å². The maximum Gasteiger partial charge on any atom is 0.501 e. The number of nitrogens with zero attached hydrogens (tertiary/aromatic N) is 1. The van der Waals surface area contributed by atoms with Crippen LogP contribution in [0.4, 0.5) is 13.2 Å². The molecule has 0 aliphatic heterocycles. The Morgan fingerprint density at radius 1 is 1.15 bits per heavy atom. The predicted molar refractivity (Wildman–Crippen MR) is 67.7 cm³/mol. The molecule has 0 atom stereocenters. The average molecular weight is 301 g/mol. The van der Waals surface area contributed by atoms with E-state index in [-0.39, 0.29) is 0 Å². The molecule has 7 heteroatoms. The zero-order valence-electron chi connectivity index (χ0n) is 10.3. The predicted octanol–water partition coefficient (Wildman–Crippen LogP) is 3.35. The van der Waals surface area contributed by atoms with Gasteiger partial charge in [0, 0.05) is 18.0 Å². The van der Waals surface area contributed by atoms with Crippen molar-refractivity contribution in [3.63, 3.8) is 0 Å². The van der Waals surface area contributed by atoms with E-state index >= 15 is 0 Å². The Labute approximate surface area is 114 Å². The highest BCUT2D eigenvalue weighted by Crippen LogP contribution is 2.33. The van der Waals surface area contributed by atoms with E-state index in [1.54, 1.807) is 19.1 Å². The van der Waals surface area contributed by atoms with Crippen LogP contribution in [0.1, 0.15) is 5.56 Å². The summed E-state index contributed by atoms with van der Waals surface area (Å²) in [5, 5.41) is 0. The molecule has 2 aromatic rings. The second-order valence-corrected chi connectivity index (χ2v) is 6.11. The van der Waals surface area contributed by atoms with Crippen LogP contribution in [0.25, 0.3) is 11.1 Å². The minimum atomic E-state index is -5.34. The van der Waals surface area contributed by atoms with Crippen molar-refractivity contribution in [2.45, 2.75) is 17.3 Å². The molecule has 1 aromatic carbocycles. The first-order valence-corrected chi connectivity index (χ1v) is 7.04. The van der Waals surface area contributed by atoms with E-state index in [4.69, 9.17) is 0 Å². The molecule has 0 saturated carbocycles. The zero-order chi connectivity index (χ0) is 15.0. The number of halogens is 3. The van der Waals surface area contributed by atoms with E-state index in [1.807, 2.05) is 0 Å². The Morgan fingerprint density at radius 3 is 2.40 bits per heavy atom. The number of aromatic nitrogens is 1. The summed E-state index contributed by atoms with van der Waals surface area (Å²) in [6, 6.07) is 6.60. The minimum Gasteiger partial charge on any atom is -0.264 e. The summed E-state index contributed by atoms with van der Waals surface area (Å²) < 4.78 is 60.5. The van der Waals surface area contributed by atoms with E-state index in [2.05, 4.69) is 4.98 Å². The number of alkyl halides is 3. The van der Waals surface area contributed by atoms with Gasteiger partial charge in [-0.05, 0) is 36.2 Å². The lowest BCUT2D eigenvalue weighted by atomic mass is 10.0. The van der Waals surface area contributed by atoms with Gasteiger partial charge in [0.25, 0.3) is 9.84 Å². The second-order valence-electron chi connectivity index (χ2n) is 4.17. The number of hydrogen-bond acceptors (Lipinski definition) is 3. The number of rotatable bonds is 2. The SMILES string of the molecule is Cc1ccc(S(=O)(=O)C(F)(F)F)cc1-c1cccnc1. The highest BCUT2D eigenvalue weighted by atomic mass is 32.2. The van der Waals surface area contributed by atoms with E-state index in [1.165, 1.54) is 18.5 Å². The lowest BCUT2D eigenvalue weighted by molar-refractivity contribution is -0.0435. The number of pyridine rings is 1. The van der Waals surface area contributed by atoms with Crippen molar-refractivity contribution in [3.05, 3.63) is 48.3 Å². The van der Waals surface area contributed by atoms with Crippen LogP contribution < -0.4 is 0 Å². The molecule has 0 aliphatic rings. The fourth-order valence-electron chi connectivity index (χ4n) is 1.73. The molecule has 20 heavy (non-hydrogen) atoms. The molecule has 0 aliphatic carbocycles. The number of hydrogen-bond donors (Lipinski definition) is 0. The third-order valence-electron chi connectivity index (χ3n) is 2.80. The van der Waals surface area contributed by atoms with E-state index in [0.29, 0.717) is 16.7 Å². The normalized spacial score (nSPS) is 12.4. The highest BCUT2D eigenvalue weighted by Gasteiger charge is 2.46. The number of sulfone groups is 1. The van der Waals surface area contributed by atoms with Crippen molar-refractivity contribution < 1.29 is 21.6 Å². The van der Waals surface area contributed by atoms with Crippen LogP contribution in [0.2, 0.25) is 0 Å². The molecular formula is C13H10F3NO2S. The van der Waals surface area contributed by atoms with Crippen molar-refractivity contribution in [1.82, 2.24) is 4.98 Å². The fraction of sp³-hybridized carbons (Fsp3) is 0.154. The van der Waals surface area contributed by atoms with Crippen molar-refractivity contribution in [2.75, 3.05) is 0 Å². The summed E-state index contributed by atoms with van der Waals surface area (Å²) in [7, 11) is -5.34. The van der Waals surface area contributed by atoms with Gasteiger partial charge in [0.15, 0.2) is 0 Å². The van der Waals surface area contributed by atoms with Crippen molar-refractivity contribution in [1.29, 1.82) is 0 Å². The van der Waals surface area contributed by atoms with Gasteiger partial charge in [-0.15, -0.1) is 0 Å². The maximum atomic E-state index is 12.6. The fourth-order valence-corrected chi connectivity index (χ4v) is 2.52. The monoisotopic (exact) mass is 301 g/mol. The van der Waals surface area contributed by atoms with E-state index < -0.39 is 20.2 Å². The third-order valence-corrected chi connectivity index (χ3v) is 4.28. The zero-order valence-corrected chi connectivity index (χ0v) is 11.2. The van der Waals surface area contributed by atoms with Crippen LogP contribution in [0.3, 0.4) is 0 Å². The van der Waals surface area contributed by atoms with E-state index in [9.17, 15) is 21.6 Å². The number of benzene rings is 1. The van der Waals surface area contributed by atoms with Crippen LogP contribution in [0.5, 0.6) is 0 Å². The molecule has 1 heterocycles. The van der Waals surface area contributed by atoms with Gasteiger partial charge < -0.3 is 0 Å². The molecule has 0 bridgehead atoms. The molecule has 0 radical (unpaired) electrons. The third kappa shape index (κ3) is 2.53. The van der Waals surface area contributed by atoms with Gasteiger partial charge in [-0.2, -0.15) is 13.2 Å². The largest absolute Gasteiger partial charge is 0.501 e. The first-order valence-electron chi connectivity index (χ1n) is 5.56. The molecule has 3 nitrogen and oxygen atoms in total. The minimum absolute atomic E-state index is 0.406. The summed E-state index contributed by atoms with van der Waals surface area (Å²) >= 11 is 0. The Balaban J connectivity index is 2.62. The van der Waals surface area contributed by atoms with Crippen LogP contribution >= 0.6 is 0 Å². The van der Waals surface area contributed by atoms with Crippen molar-refractivity contribution in [3.8, 4) is 11.1 Å². The van der Waals surface area contributed by atoms with Gasteiger partial charge >= 0.3 is 5.51 Å². The highest BCUT2D eigenvalue weighted by molar-refractivity contribution is 7.92. The number of aryl methyl sites for hydroxylation is 1. The first-order chi connectivity index (χ1) is 9.23. The topological polar surface area (TPSA) is 47.0 Å². The molecule has 1 aromatic heterocycles. The molecule has 0 N–H and O–H groups in total. The Bertz CT molecular complexity index is 725. The van der Waals surface area contributed by atoms with Gasteiger partial charge in [0.05, 0.1) is 4.90 Å². The van der Waals surface area contributed by atoms with Gasteiger partial charge in [-0.3, -0.25) is 4.98 Å². The maximum absolute atomic E-state index is 12.6. The molecule has 106 valence electrons. The average Bonchev–Trinajstić information content (AvgIpc) is 2.38. The summed E-state index contributed by atoms with van der Waals surface area (Å²) in [5.41, 5.74) is -3.68. The summed E-state index contributed by atoms with van der Waals surface area (Å²) in [6.45, 7) is 1.69. The summed E-state index contributed by atoms with van der Waals surface area (Å²) in [6.07, 6.45) is 2.99. The summed E-state index contributed by atoms with van der Waals surface area (Å²) in [4.78, 5) is 3.10. The van der Waals surface area contributed by atoms with Gasteiger partial charge in [0.1, 0.15) is 0 Å². The molecule has 0 amide bonds. The lowest BCUT2D eigenvalue weighted by Crippen LogP contribution is -2.23. The quantitative estimate of drug-likeness (QED) is 0.854. The smallest absolute Gasteiger partial charge is 0.264 e. The lowest BCUT2D eigenvalue weighted by Gasteiger charge is -2.11. The van der Waals surface area contributed by atoms with Gasteiger partial charge in [-0.1, -0.05) is 12.1 Å². The van der Waals surface area contributed by atoms with Crippen molar-refractivity contribution >= 4 is 9.84 Å². The van der Waals surface area contributed by atoms with Crippen LogP contribution in [-0.2, 0) is 9.84 Å². The molecule has 0 fully saturated rings. The standard InChI is InChI=1S/C13H10F3NO2S/c1-9-4-5-11(20(18,19)13(14,15)16)7-12(9)10-3-2-6-17-8-10/h2-8H,1H3. The molecule has 0 spiro atoms. The molecule has 0 unspecified atom stereocenters.